The number of benzene rings is 4. The smallest absolute Gasteiger partial charge is 0.0352 e. The molecule has 152 valence electrons. The van der Waals surface area contributed by atoms with Crippen LogP contribution in [-0.2, 0) is 12.8 Å². The molecule has 0 unspecified atom stereocenters. The Kier molecular flexibility index (Phi) is 4.11. The highest BCUT2D eigenvalue weighted by Crippen LogP contribution is 2.52. The second-order valence-corrected chi connectivity index (χ2v) is 11.0. The minimum Gasteiger partial charge on any atom is -0.140 e. The molecule has 0 nitrogen and oxygen atoms in total. The zero-order chi connectivity index (χ0) is 21.1. The van der Waals surface area contributed by atoms with Gasteiger partial charge in [-0.1, -0.05) is 60.7 Å². The zero-order valence-corrected chi connectivity index (χ0v) is 19.1. The Balaban J connectivity index is 1.24. The van der Waals surface area contributed by atoms with Crippen molar-refractivity contribution in [2.75, 3.05) is 0 Å². The van der Waals surface area contributed by atoms with E-state index < -0.39 is 0 Å². The molecule has 0 radical (unpaired) electrons. The summed E-state index contributed by atoms with van der Waals surface area (Å²) in [6.45, 7) is 0. The summed E-state index contributed by atoms with van der Waals surface area (Å²) in [5.41, 5.74) is 8.41. The van der Waals surface area contributed by atoms with Crippen molar-refractivity contribution < 1.29 is 0 Å². The zero-order valence-electron chi connectivity index (χ0n) is 17.5. The highest BCUT2D eigenvalue weighted by atomic mass is 32.1. The van der Waals surface area contributed by atoms with Gasteiger partial charge in [0.2, 0.25) is 0 Å². The van der Waals surface area contributed by atoms with Crippen LogP contribution in [0.4, 0.5) is 0 Å². The average Bonchev–Trinajstić information content (AvgIpc) is 3.40. The third-order valence-electron chi connectivity index (χ3n) is 6.44. The molecule has 6 aromatic rings. The molecule has 4 aromatic carbocycles. The molecule has 2 heteroatoms. The van der Waals surface area contributed by atoms with Crippen LogP contribution in [0.2, 0.25) is 0 Å². The molecule has 0 saturated carbocycles. The van der Waals surface area contributed by atoms with Crippen molar-refractivity contribution in [3.63, 3.8) is 0 Å². The molecule has 0 saturated heterocycles. The first-order valence-electron chi connectivity index (χ1n) is 11.0. The molecule has 0 bridgehead atoms. The number of fused-ring (bicyclic) bond motifs is 6. The largest absolute Gasteiger partial charge is 0.140 e. The molecule has 0 fully saturated rings. The maximum absolute atomic E-state index is 2.41. The van der Waals surface area contributed by atoms with E-state index in [2.05, 4.69) is 97.1 Å². The van der Waals surface area contributed by atoms with Crippen molar-refractivity contribution in [2.24, 2.45) is 0 Å². The molecule has 2 aromatic heterocycles. The van der Waals surface area contributed by atoms with Crippen LogP contribution in [0.1, 0.15) is 20.9 Å². The van der Waals surface area contributed by atoms with E-state index in [9.17, 15) is 0 Å². The van der Waals surface area contributed by atoms with Crippen LogP contribution in [0.15, 0.2) is 97.1 Å². The minimum absolute atomic E-state index is 1.01. The number of hydrogen-bond donors (Lipinski definition) is 0. The lowest BCUT2D eigenvalue weighted by Gasteiger charge is -2.24. The Bertz CT molecular complexity index is 1390. The number of rotatable bonds is 4. The van der Waals surface area contributed by atoms with Gasteiger partial charge >= 0.3 is 0 Å². The molecule has 0 N–H and O–H groups in total. The van der Waals surface area contributed by atoms with Crippen molar-refractivity contribution >= 4 is 42.8 Å². The Labute approximate surface area is 195 Å². The molecule has 2 heterocycles. The van der Waals surface area contributed by atoms with Crippen LogP contribution < -0.4 is 0 Å². The maximum atomic E-state index is 2.41. The number of hydrogen-bond acceptors (Lipinski definition) is 2. The van der Waals surface area contributed by atoms with Gasteiger partial charge in [0.1, 0.15) is 0 Å². The summed E-state index contributed by atoms with van der Waals surface area (Å²) in [6.07, 6.45) is 2.02. The summed E-state index contributed by atoms with van der Waals surface area (Å²) < 4.78 is 2.80. The summed E-state index contributed by atoms with van der Waals surface area (Å²) in [7, 11) is 0. The highest BCUT2D eigenvalue weighted by molar-refractivity contribution is 7.19. The van der Waals surface area contributed by atoms with E-state index in [1.165, 1.54) is 63.3 Å². The quantitative estimate of drug-likeness (QED) is 0.254. The predicted molar refractivity (Wildman–Crippen MR) is 140 cm³/mol. The predicted octanol–water partition coefficient (Wildman–Crippen LogP) is 8.94. The molecule has 0 spiro atoms. The van der Waals surface area contributed by atoms with Gasteiger partial charge in [-0.3, -0.25) is 0 Å². The summed E-state index contributed by atoms with van der Waals surface area (Å²) in [5.74, 6) is 0. The van der Waals surface area contributed by atoms with Gasteiger partial charge < -0.3 is 0 Å². The lowest BCUT2D eigenvalue weighted by molar-refractivity contribution is 1.24. The summed E-state index contributed by atoms with van der Waals surface area (Å²) in [6, 6.07) is 35.9. The van der Waals surface area contributed by atoms with E-state index in [4.69, 9.17) is 0 Å². The van der Waals surface area contributed by atoms with Gasteiger partial charge in [0.05, 0.1) is 0 Å². The fourth-order valence-electron chi connectivity index (χ4n) is 4.88. The van der Waals surface area contributed by atoms with Crippen LogP contribution >= 0.6 is 22.7 Å². The van der Waals surface area contributed by atoms with E-state index in [0.717, 1.165) is 12.8 Å². The van der Waals surface area contributed by atoms with Gasteiger partial charge in [0.25, 0.3) is 0 Å². The number of thiophene rings is 2. The van der Waals surface area contributed by atoms with Crippen LogP contribution in [0.25, 0.3) is 42.4 Å². The van der Waals surface area contributed by atoms with E-state index in [0.29, 0.717) is 0 Å². The van der Waals surface area contributed by atoms with Gasteiger partial charge in [-0.25, -0.2) is 0 Å². The third kappa shape index (κ3) is 3.02. The Morgan fingerprint density at radius 1 is 0.438 bits per heavy atom. The standard InChI is InChI=1S/C30H20S2/c1-3-7-19(8-4-1)11-23-13-21-15-25-27(17-29(21)31-23)26-16-22-14-24(32-30(22)18-28(25)26)12-20-9-5-2-6-10-20/h1-10,13-18H,11-12H2. The van der Waals surface area contributed by atoms with Gasteiger partial charge in [0.15, 0.2) is 0 Å². The van der Waals surface area contributed by atoms with Crippen molar-refractivity contribution in [1.82, 2.24) is 0 Å². The minimum atomic E-state index is 1.01. The van der Waals surface area contributed by atoms with Gasteiger partial charge in [-0.05, 0) is 80.6 Å². The molecular weight excluding hydrogens is 424 g/mol. The molecule has 0 aliphatic heterocycles. The van der Waals surface area contributed by atoms with E-state index in [-0.39, 0.29) is 0 Å². The Morgan fingerprint density at radius 2 is 0.844 bits per heavy atom. The summed E-state index contributed by atoms with van der Waals surface area (Å²) in [4.78, 5) is 2.87. The second kappa shape index (κ2) is 7.16. The van der Waals surface area contributed by atoms with Crippen LogP contribution in [0, 0.1) is 0 Å². The maximum Gasteiger partial charge on any atom is 0.0352 e. The van der Waals surface area contributed by atoms with Crippen molar-refractivity contribution in [2.45, 2.75) is 12.8 Å². The highest BCUT2D eigenvalue weighted by Gasteiger charge is 2.25. The second-order valence-electron chi connectivity index (χ2n) is 8.62. The third-order valence-corrected chi connectivity index (χ3v) is 8.63. The van der Waals surface area contributed by atoms with Crippen molar-refractivity contribution in [1.29, 1.82) is 0 Å². The monoisotopic (exact) mass is 444 g/mol. The van der Waals surface area contributed by atoms with Crippen molar-refractivity contribution in [3.05, 3.63) is 118 Å². The Hall–Kier alpha value is -3.20. The first-order valence-corrected chi connectivity index (χ1v) is 12.6. The van der Waals surface area contributed by atoms with E-state index in [1.807, 2.05) is 22.7 Å². The van der Waals surface area contributed by atoms with Crippen molar-refractivity contribution in [3.8, 4) is 22.3 Å². The Morgan fingerprint density at radius 3 is 1.28 bits per heavy atom. The van der Waals surface area contributed by atoms with Crippen LogP contribution in [-0.4, -0.2) is 0 Å². The van der Waals surface area contributed by atoms with Crippen LogP contribution in [0.5, 0.6) is 0 Å². The molecule has 7 rings (SSSR count). The van der Waals surface area contributed by atoms with Crippen LogP contribution in [0.3, 0.4) is 0 Å². The lowest BCUT2D eigenvalue weighted by Crippen LogP contribution is -1.97. The molecule has 32 heavy (non-hydrogen) atoms. The summed E-state index contributed by atoms with van der Waals surface area (Å²) in [5, 5.41) is 2.75. The first kappa shape index (κ1) is 18.4. The SMILES string of the molecule is c1ccc(Cc2cc3cc4c(cc3s2)-c2cc3cc(Cc5ccccc5)sc3cc2-4)cc1. The first-order chi connectivity index (χ1) is 15.8. The fraction of sp³-hybridized carbons (Fsp3) is 0.0667. The van der Waals surface area contributed by atoms with Gasteiger partial charge in [-0.2, -0.15) is 0 Å². The molecule has 1 aliphatic carbocycles. The average molecular weight is 445 g/mol. The summed E-state index contributed by atoms with van der Waals surface area (Å²) >= 11 is 3.87. The molecule has 1 aliphatic rings. The van der Waals surface area contributed by atoms with Gasteiger partial charge in [-0.15, -0.1) is 22.7 Å². The van der Waals surface area contributed by atoms with Gasteiger partial charge in [0, 0.05) is 32.0 Å². The lowest BCUT2D eigenvalue weighted by atomic mass is 9.79. The van der Waals surface area contributed by atoms with E-state index in [1.54, 1.807) is 0 Å². The molecule has 0 amide bonds. The molecule has 0 atom stereocenters. The molecular formula is C30H20S2. The normalized spacial score (nSPS) is 12.0. The topological polar surface area (TPSA) is 0 Å². The fourth-order valence-corrected chi connectivity index (χ4v) is 7.12. The van der Waals surface area contributed by atoms with E-state index >= 15 is 0 Å².